The molecule has 2 bridgehead atoms. The summed E-state index contributed by atoms with van der Waals surface area (Å²) in [6, 6.07) is 0. The third-order valence-electron chi connectivity index (χ3n) is 5.14. The van der Waals surface area contributed by atoms with Gasteiger partial charge in [0.2, 0.25) is 0 Å². The van der Waals surface area contributed by atoms with Gasteiger partial charge in [-0.3, -0.25) is 4.79 Å². The van der Waals surface area contributed by atoms with Gasteiger partial charge < -0.3 is 4.74 Å². The van der Waals surface area contributed by atoms with Crippen LogP contribution in [-0.2, 0) is 9.53 Å². The Morgan fingerprint density at radius 2 is 1.48 bits per heavy atom. The second-order valence-electron chi connectivity index (χ2n) is 7.16. The number of carbonyl (C=O) groups excluding carboxylic acids is 1. The first-order chi connectivity index (χ1) is 12.9. The number of alkyl halides is 11. The molecule has 2 nitrogen and oxygen atoms in total. The Kier molecular flexibility index (Phi) is 5.73. The molecule has 1 saturated carbocycles. The molecule has 29 heavy (non-hydrogen) atoms. The highest BCUT2D eigenvalue weighted by Gasteiger charge is 2.87. The highest BCUT2D eigenvalue weighted by molar-refractivity contribution is 5.74. The number of rotatable bonds is 8. The number of hydrogen-bond acceptors (Lipinski definition) is 2. The van der Waals surface area contributed by atoms with Crippen LogP contribution in [0.4, 0.5) is 48.3 Å². The van der Waals surface area contributed by atoms with E-state index in [1.807, 2.05) is 0 Å². The zero-order valence-electron chi connectivity index (χ0n) is 14.6. The van der Waals surface area contributed by atoms with Crippen molar-refractivity contribution >= 4 is 5.97 Å². The van der Waals surface area contributed by atoms with Gasteiger partial charge in [-0.2, -0.15) is 43.9 Å². The van der Waals surface area contributed by atoms with Crippen LogP contribution in [-0.4, -0.2) is 48.4 Å². The molecule has 13 heteroatoms. The highest BCUT2D eigenvalue weighted by atomic mass is 19.4. The molecule has 1 fully saturated rings. The van der Waals surface area contributed by atoms with Crippen molar-refractivity contribution < 1.29 is 57.8 Å². The van der Waals surface area contributed by atoms with Gasteiger partial charge in [0.15, 0.2) is 12.8 Å². The Morgan fingerprint density at radius 3 is 1.90 bits per heavy atom. The van der Waals surface area contributed by atoms with Gasteiger partial charge in [0.05, 0.1) is 5.92 Å². The molecule has 0 aromatic rings. The van der Waals surface area contributed by atoms with E-state index in [9.17, 15) is 53.1 Å². The fourth-order valence-corrected chi connectivity index (χ4v) is 3.30. The summed E-state index contributed by atoms with van der Waals surface area (Å²) in [4.78, 5) is 11.8. The monoisotopic (exact) mass is 448 g/mol. The topological polar surface area (TPSA) is 26.3 Å². The molecule has 0 aromatic carbocycles. The molecular formula is C16H15F11O2. The van der Waals surface area contributed by atoms with E-state index < -0.39 is 60.2 Å². The molecule has 0 heterocycles. The molecule has 0 aliphatic heterocycles. The van der Waals surface area contributed by atoms with Crippen LogP contribution in [0.15, 0.2) is 12.2 Å². The molecule has 0 spiro atoms. The average Bonchev–Trinajstić information content (AvgIpc) is 3.22. The summed E-state index contributed by atoms with van der Waals surface area (Å²) in [6.45, 7) is -3.08. The van der Waals surface area contributed by atoms with Crippen molar-refractivity contribution in [2.24, 2.45) is 17.8 Å². The molecule has 4 unspecified atom stereocenters. The molecule has 0 radical (unpaired) electrons. The van der Waals surface area contributed by atoms with Crippen LogP contribution < -0.4 is 0 Å². The molecule has 168 valence electrons. The van der Waals surface area contributed by atoms with E-state index in [2.05, 4.69) is 4.74 Å². The summed E-state index contributed by atoms with van der Waals surface area (Å²) in [5.41, 5.74) is 0. The van der Waals surface area contributed by atoms with Crippen LogP contribution in [0.5, 0.6) is 0 Å². The van der Waals surface area contributed by atoms with Crippen LogP contribution in [0.25, 0.3) is 0 Å². The number of fused-ring (bicyclic) bond motifs is 2. The smallest absolute Gasteiger partial charge is 0.384 e. The first-order valence-corrected chi connectivity index (χ1v) is 8.28. The van der Waals surface area contributed by atoms with Crippen molar-refractivity contribution in [3.05, 3.63) is 12.2 Å². The van der Waals surface area contributed by atoms with Crippen LogP contribution in [0.3, 0.4) is 0 Å². The maximum absolute atomic E-state index is 13.7. The van der Waals surface area contributed by atoms with Crippen molar-refractivity contribution in [2.45, 2.75) is 55.5 Å². The van der Waals surface area contributed by atoms with E-state index in [1.54, 1.807) is 12.2 Å². The lowest BCUT2D eigenvalue weighted by Gasteiger charge is -2.39. The standard InChI is InChI=1S/C16H15F11O2/c1-7(17)13(20,21)15(24,25)16(26,27)14(22,23)12(18,19)6-29-11(28)10-5-8-2-3-9(10)4-8/h2-3,7-10H,4-6H2,1H3. The normalized spacial score (nSPS) is 26.7. The predicted molar refractivity (Wildman–Crippen MR) is 75.1 cm³/mol. The number of ether oxygens (including phenoxy) is 1. The first kappa shape index (κ1) is 23.7. The van der Waals surface area contributed by atoms with Crippen LogP contribution >= 0.6 is 0 Å². The molecule has 0 amide bonds. The van der Waals surface area contributed by atoms with E-state index in [0.29, 0.717) is 6.42 Å². The fourth-order valence-electron chi connectivity index (χ4n) is 3.30. The van der Waals surface area contributed by atoms with Crippen molar-refractivity contribution in [1.82, 2.24) is 0 Å². The Labute approximate surface area is 157 Å². The minimum Gasteiger partial charge on any atom is -0.459 e. The number of esters is 1. The minimum absolute atomic E-state index is 0.0764. The number of carbonyl (C=O) groups is 1. The van der Waals surface area contributed by atoms with Crippen LogP contribution in [0.2, 0.25) is 0 Å². The second kappa shape index (κ2) is 7.00. The van der Waals surface area contributed by atoms with Gasteiger partial charge in [-0.15, -0.1) is 0 Å². The summed E-state index contributed by atoms with van der Waals surface area (Å²) >= 11 is 0. The molecule has 0 aromatic heterocycles. The van der Waals surface area contributed by atoms with E-state index in [0.717, 1.165) is 0 Å². The third-order valence-corrected chi connectivity index (χ3v) is 5.14. The van der Waals surface area contributed by atoms with Crippen LogP contribution in [0.1, 0.15) is 19.8 Å². The quantitative estimate of drug-likeness (QED) is 0.287. The Hall–Kier alpha value is -1.56. The lowest BCUT2D eigenvalue weighted by Crippen LogP contribution is -2.69. The van der Waals surface area contributed by atoms with E-state index in [-0.39, 0.29) is 19.3 Å². The molecule has 2 rings (SSSR count). The Morgan fingerprint density at radius 1 is 0.931 bits per heavy atom. The molecule has 2 aliphatic rings. The van der Waals surface area contributed by atoms with Crippen molar-refractivity contribution in [2.75, 3.05) is 6.61 Å². The van der Waals surface area contributed by atoms with E-state index >= 15 is 0 Å². The van der Waals surface area contributed by atoms with Gasteiger partial charge >= 0.3 is 35.6 Å². The molecule has 4 atom stereocenters. The van der Waals surface area contributed by atoms with Crippen LogP contribution in [0, 0.1) is 17.8 Å². The number of halogens is 11. The minimum atomic E-state index is -7.38. The summed E-state index contributed by atoms with van der Waals surface area (Å²) in [7, 11) is 0. The molecule has 0 saturated heterocycles. The Balaban J connectivity index is 2.18. The number of hydrogen-bond donors (Lipinski definition) is 0. The second-order valence-corrected chi connectivity index (χ2v) is 7.16. The molecular weight excluding hydrogens is 433 g/mol. The highest BCUT2D eigenvalue weighted by Crippen LogP contribution is 2.58. The summed E-state index contributed by atoms with van der Waals surface area (Å²) in [5.74, 6) is -37.2. The zero-order valence-corrected chi connectivity index (χ0v) is 14.6. The van der Waals surface area contributed by atoms with Gasteiger partial charge in [-0.05, 0) is 31.6 Å². The summed E-state index contributed by atoms with van der Waals surface area (Å²) in [6.07, 6.45) is -0.172. The maximum atomic E-state index is 13.7. The average molecular weight is 448 g/mol. The zero-order chi connectivity index (χ0) is 22.6. The van der Waals surface area contributed by atoms with Crippen molar-refractivity contribution in [1.29, 1.82) is 0 Å². The maximum Gasteiger partial charge on any atom is 0.384 e. The lowest BCUT2D eigenvalue weighted by atomic mass is 9.92. The molecule has 2 aliphatic carbocycles. The number of allylic oxidation sites excluding steroid dienone is 2. The summed E-state index contributed by atoms with van der Waals surface area (Å²) < 4.78 is 151. The van der Waals surface area contributed by atoms with Gasteiger partial charge in [-0.25, -0.2) is 4.39 Å². The fraction of sp³-hybridized carbons (Fsp3) is 0.812. The summed E-state index contributed by atoms with van der Waals surface area (Å²) in [5, 5.41) is 0. The van der Waals surface area contributed by atoms with E-state index in [4.69, 9.17) is 0 Å². The van der Waals surface area contributed by atoms with E-state index in [1.165, 1.54) is 0 Å². The first-order valence-electron chi connectivity index (χ1n) is 8.28. The third kappa shape index (κ3) is 3.47. The largest absolute Gasteiger partial charge is 0.459 e. The van der Waals surface area contributed by atoms with Gasteiger partial charge in [0.1, 0.15) is 0 Å². The van der Waals surface area contributed by atoms with Gasteiger partial charge in [-0.1, -0.05) is 12.2 Å². The van der Waals surface area contributed by atoms with Crippen molar-refractivity contribution in [3.63, 3.8) is 0 Å². The predicted octanol–water partition coefficient (Wildman–Crippen LogP) is 5.28. The van der Waals surface area contributed by atoms with Gasteiger partial charge in [0, 0.05) is 0 Å². The van der Waals surface area contributed by atoms with Crippen molar-refractivity contribution in [3.8, 4) is 0 Å². The lowest BCUT2D eigenvalue weighted by molar-refractivity contribution is -0.409. The van der Waals surface area contributed by atoms with Gasteiger partial charge in [0.25, 0.3) is 0 Å². The molecule has 0 N–H and O–H groups in total. The SMILES string of the molecule is CC(F)C(F)(F)C(F)(F)C(F)(F)C(F)(F)C(F)(F)COC(=O)C1CC2C=CC1C2. The Bertz CT molecular complexity index is 672.